The first-order chi connectivity index (χ1) is 15.0. The van der Waals surface area contributed by atoms with Gasteiger partial charge in [-0.2, -0.15) is 10.1 Å². The monoisotopic (exact) mass is 420 g/mol. The summed E-state index contributed by atoms with van der Waals surface area (Å²) in [6, 6.07) is 11.4. The summed E-state index contributed by atoms with van der Waals surface area (Å²) in [4.78, 5) is 25.4. The van der Waals surface area contributed by atoms with Crippen molar-refractivity contribution in [2.45, 2.75) is 13.0 Å². The zero-order chi connectivity index (χ0) is 21.5. The SMILES string of the molecule is COc1cc(C=NN2C(=O)[C@@H]3[C@H](C2=O)[C@H]2C=C[C@H]3C2)ccc1OCc1cccc(F)c1. The molecule has 7 heteroatoms. The second-order valence-electron chi connectivity index (χ2n) is 8.06. The van der Waals surface area contributed by atoms with Gasteiger partial charge in [-0.1, -0.05) is 24.3 Å². The number of ether oxygens (including phenoxy) is 2. The summed E-state index contributed by atoms with van der Waals surface area (Å²) >= 11 is 0. The van der Waals surface area contributed by atoms with Gasteiger partial charge in [0.15, 0.2) is 11.5 Å². The number of halogens is 1. The maximum Gasteiger partial charge on any atom is 0.254 e. The standard InChI is InChI=1S/C24H21FN2O4/c1-30-20-10-14(5-8-19(20)31-13-15-3-2-4-18(25)9-15)12-26-27-23(28)21-16-6-7-17(11-16)22(21)24(27)29/h2-10,12,16-17,21-22H,11,13H2,1H3/t16-,17-,21-,22+/m0/s1. The summed E-state index contributed by atoms with van der Waals surface area (Å²) in [6.45, 7) is 0.192. The van der Waals surface area contributed by atoms with Crippen LogP contribution < -0.4 is 9.47 Å². The van der Waals surface area contributed by atoms with E-state index in [1.807, 2.05) is 0 Å². The third kappa shape index (κ3) is 3.40. The average molecular weight is 420 g/mol. The van der Waals surface area contributed by atoms with E-state index in [4.69, 9.17) is 9.47 Å². The molecule has 2 aromatic rings. The van der Waals surface area contributed by atoms with Crippen LogP contribution in [0.4, 0.5) is 4.39 Å². The third-order valence-corrected chi connectivity index (χ3v) is 6.24. The molecule has 1 saturated carbocycles. The number of imide groups is 1. The van der Waals surface area contributed by atoms with Crippen molar-refractivity contribution in [2.24, 2.45) is 28.8 Å². The molecule has 2 aliphatic carbocycles. The molecule has 6 nitrogen and oxygen atoms in total. The van der Waals surface area contributed by atoms with Gasteiger partial charge >= 0.3 is 0 Å². The van der Waals surface area contributed by atoms with Crippen LogP contribution in [0.15, 0.2) is 59.7 Å². The lowest BCUT2D eigenvalue weighted by Crippen LogP contribution is -2.28. The second kappa shape index (κ2) is 7.65. The number of hydrogen-bond acceptors (Lipinski definition) is 5. The number of methoxy groups -OCH3 is 1. The molecule has 0 radical (unpaired) electrons. The van der Waals surface area contributed by atoms with Crippen LogP contribution in [0.1, 0.15) is 17.5 Å². The van der Waals surface area contributed by atoms with E-state index in [1.165, 1.54) is 25.5 Å². The van der Waals surface area contributed by atoms with Crippen molar-refractivity contribution in [2.75, 3.05) is 7.11 Å². The van der Waals surface area contributed by atoms with E-state index in [0.717, 1.165) is 11.4 Å². The number of amides is 2. The first-order valence-electron chi connectivity index (χ1n) is 10.2. The molecule has 2 bridgehead atoms. The van der Waals surface area contributed by atoms with E-state index < -0.39 is 0 Å². The van der Waals surface area contributed by atoms with Crippen LogP contribution in [0.3, 0.4) is 0 Å². The van der Waals surface area contributed by atoms with Crippen LogP contribution in [-0.4, -0.2) is 30.1 Å². The fourth-order valence-electron chi connectivity index (χ4n) is 4.80. The third-order valence-electron chi connectivity index (χ3n) is 6.24. The summed E-state index contributed by atoms with van der Waals surface area (Å²) in [6.07, 6.45) is 6.47. The molecule has 0 N–H and O–H groups in total. The number of fused-ring (bicyclic) bond motifs is 5. The average Bonchev–Trinajstić information content (AvgIpc) is 3.45. The molecule has 0 unspecified atom stereocenters. The fourth-order valence-corrected chi connectivity index (χ4v) is 4.80. The quantitative estimate of drug-likeness (QED) is 0.407. The summed E-state index contributed by atoms with van der Waals surface area (Å²) in [7, 11) is 1.52. The Balaban J connectivity index is 1.29. The van der Waals surface area contributed by atoms with Gasteiger partial charge < -0.3 is 9.47 Å². The number of hydrogen-bond donors (Lipinski definition) is 0. The van der Waals surface area contributed by atoms with Gasteiger partial charge in [-0.15, -0.1) is 0 Å². The predicted molar refractivity (Wildman–Crippen MR) is 111 cm³/mol. The molecule has 31 heavy (non-hydrogen) atoms. The minimum Gasteiger partial charge on any atom is -0.493 e. The van der Waals surface area contributed by atoms with Crippen molar-refractivity contribution < 1.29 is 23.5 Å². The maximum absolute atomic E-state index is 13.3. The Hall–Kier alpha value is -3.48. The van der Waals surface area contributed by atoms with Crippen LogP contribution in [0, 0.1) is 29.5 Å². The molecule has 0 aromatic heterocycles. The number of rotatable bonds is 6. The number of hydrazone groups is 1. The van der Waals surface area contributed by atoms with Crippen molar-refractivity contribution >= 4 is 18.0 Å². The molecule has 2 fully saturated rings. The number of carbonyl (C=O) groups excluding carboxylic acids is 2. The highest BCUT2D eigenvalue weighted by molar-refractivity contribution is 6.06. The van der Waals surface area contributed by atoms with Gasteiger partial charge in [0.1, 0.15) is 12.4 Å². The van der Waals surface area contributed by atoms with Gasteiger partial charge in [0.25, 0.3) is 11.8 Å². The number of allylic oxidation sites excluding steroid dienone is 2. The Kier molecular flexibility index (Phi) is 4.81. The van der Waals surface area contributed by atoms with Gasteiger partial charge in [-0.3, -0.25) is 9.59 Å². The lowest BCUT2D eigenvalue weighted by atomic mass is 9.85. The largest absolute Gasteiger partial charge is 0.493 e. The van der Waals surface area contributed by atoms with Crippen molar-refractivity contribution in [3.8, 4) is 11.5 Å². The Morgan fingerprint density at radius 2 is 1.81 bits per heavy atom. The van der Waals surface area contributed by atoms with Crippen LogP contribution in [0.2, 0.25) is 0 Å². The number of nitrogens with zero attached hydrogens (tertiary/aromatic N) is 2. The minimum absolute atomic E-state index is 0.154. The highest BCUT2D eigenvalue weighted by Crippen LogP contribution is 2.52. The number of benzene rings is 2. The van der Waals surface area contributed by atoms with Crippen LogP contribution in [-0.2, 0) is 16.2 Å². The Morgan fingerprint density at radius 3 is 2.48 bits per heavy atom. The fraction of sp³-hybridized carbons (Fsp3) is 0.292. The summed E-state index contributed by atoms with van der Waals surface area (Å²) in [5.41, 5.74) is 1.36. The van der Waals surface area contributed by atoms with Crippen LogP contribution >= 0.6 is 0 Å². The van der Waals surface area contributed by atoms with Crippen molar-refractivity contribution in [1.82, 2.24) is 5.01 Å². The molecule has 1 saturated heterocycles. The normalized spacial score (nSPS) is 26.2. The van der Waals surface area contributed by atoms with E-state index in [-0.39, 0.29) is 47.9 Å². The van der Waals surface area contributed by atoms with E-state index in [1.54, 1.807) is 30.3 Å². The minimum atomic E-state index is -0.321. The molecule has 2 aromatic carbocycles. The van der Waals surface area contributed by atoms with Crippen molar-refractivity contribution in [3.05, 3.63) is 71.6 Å². The molecule has 158 valence electrons. The van der Waals surface area contributed by atoms with Gasteiger partial charge in [0.2, 0.25) is 0 Å². The molecule has 5 rings (SSSR count). The smallest absolute Gasteiger partial charge is 0.254 e. The van der Waals surface area contributed by atoms with Gasteiger partial charge in [0, 0.05) is 0 Å². The summed E-state index contributed by atoms with van der Waals surface area (Å²) in [5, 5.41) is 5.20. The van der Waals surface area contributed by atoms with Gasteiger partial charge in [0.05, 0.1) is 25.2 Å². The lowest BCUT2D eigenvalue weighted by Gasteiger charge is -2.13. The van der Waals surface area contributed by atoms with Crippen molar-refractivity contribution in [3.63, 3.8) is 0 Å². The molecule has 4 atom stereocenters. The second-order valence-corrected chi connectivity index (χ2v) is 8.06. The summed E-state index contributed by atoms with van der Waals surface area (Å²) in [5.74, 6) is -0.0233. The first kappa shape index (κ1) is 19.5. The highest BCUT2D eigenvalue weighted by atomic mass is 19.1. The van der Waals surface area contributed by atoms with Crippen LogP contribution in [0.25, 0.3) is 0 Å². The lowest BCUT2D eigenvalue weighted by molar-refractivity contribution is -0.140. The van der Waals surface area contributed by atoms with Crippen LogP contribution in [0.5, 0.6) is 11.5 Å². The van der Waals surface area contributed by atoms with Gasteiger partial charge in [-0.25, -0.2) is 4.39 Å². The molecule has 3 aliphatic rings. The zero-order valence-electron chi connectivity index (χ0n) is 16.9. The Labute approximate surface area is 179 Å². The Bertz CT molecular complexity index is 1080. The van der Waals surface area contributed by atoms with E-state index >= 15 is 0 Å². The first-order valence-corrected chi connectivity index (χ1v) is 10.2. The molecular weight excluding hydrogens is 399 g/mol. The molecule has 1 heterocycles. The van der Waals surface area contributed by atoms with Gasteiger partial charge in [-0.05, 0) is 59.7 Å². The highest BCUT2D eigenvalue weighted by Gasteiger charge is 2.59. The topological polar surface area (TPSA) is 68.2 Å². The predicted octanol–water partition coefficient (Wildman–Crippen LogP) is 3.55. The number of carbonyl (C=O) groups is 2. The maximum atomic E-state index is 13.3. The molecular formula is C24H21FN2O4. The van der Waals surface area contributed by atoms with E-state index in [9.17, 15) is 14.0 Å². The molecule has 1 aliphatic heterocycles. The molecule has 0 spiro atoms. The molecule has 2 amide bonds. The Morgan fingerprint density at radius 1 is 1.06 bits per heavy atom. The van der Waals surface area contributed by atoms with Crippen molar-refractivity contribution in [1.29, 1.82) is 0 Å². The summed E-state index contributed by atoms with van der Waals surface area (Å²) < 4.78 is 24.5. The van der Waals surface area contributed by atoms with E-state index in [2.05, 4.69) is 17.3 Å². The van der Waals surface area contributed by atoms with E-state index in [0.29, 0.717) is 22.6 Å². The zero-order valence-corrected chi connectivity index (χ0v) is 16.9.